The van der Waals surface area contributed by atoms with Crippen molar-refractivity contribution >= 4 is 72.3 Å². The van der Waals surface area contributed by atoms with Crippen LogP contribution in [0, 0.1) is 12.3 Å². The first-order chi connectivity index (χ1) is 29.5. The zero-order valence-electron chi connectivity index (χ0n) is 40.5. The lowest BCUT2D eigenvalue weighted by atomic mass is 9.35. The summed E-state index contributed by atoms with van der Waals surface area (Å²) in [7, 11) is 0. The van der Waals surface area contributed by atoms with Crippen LogP contribution in [0.25, 0.3) is 21.2 Å². The fourth-order valence-electron chi connectivity index (χ4n) is 11.2. The monoisotopic (exact) mass is 847 g/mol. The Hall–Kier alpha value is -4.80. The van der Waals surface area contributed by atoms with Gasteiger partial charge in [0, 0.05) is 37.5 Å². The van der Waals surface area contributed by atoms with Crippen LogP contribution in [0.1, 0.15) is 137 Å². The summed E-state index contributed by atoms with van der Waals surface area (Å²) in [6, 6.07) is 36.6. The standard InChI is InChI=1S/C59H67BN2S/c1-36-18-28-42(37-19-21-38(22-20-37)55(2,3)4)49(32-36)62-48-17-15-16-47-52(48)60(54-53(62)43-33-40(57(8,9)10)25-29-51(43)63-54)46-34-44-45(59(13,14)31-30-58(44,11)12)35-50(46)61(47)41-26-23-39(24-27-41)56(5,6)7/h15-26,28-29,32-35,41H,27,30-31H2,1-14H3. The number of thiophene rings is 1. The fraction of sp³-hybridized carbons (Fsp3) is 0.390. The predicted molar refractivity (Wildman–Crippen MR) is 278 cm³/mol. The van der Waals surface area contributed by atoms with Gasteiger partial charge in [-0.2, -0.15) is 0 Å². The maximum atomic E-state index is 2.76. The van der Waals surface area contributed by atoms with Crippen molar-refractivity contribution in [1.29, 1.82) is 0 Å². The maximum absolute atomic E-state index is 2.76. The second-order valence-corrected chi connectivity index (χ2v) is 24.9. The van der Waals surface area contributed by atoms with Crippen LogP contribution in [0.5, 0.6) is 0 Å². The first kappa shape index (κ1) is 42.2. The van der Waals surface area contributed by atoms with E-state index in [1.54, 1.807) is 0 Å². The van der Waals surface area contributed by atoms with E-state index in [1.165, 1.54) is 112 Å². The van der Waals surface area contributed by atoms with Gasteiger partial charge in [0.25, 0.3) is 6.71 Å². The van der Waals surface area contributed by atoms with E-state index in [2.05, 4.69) is 216 Å². The summed E-state index contributed by atoms with van der Waals surface area (Å²) < 4.78 is 2.81. The van der Waals surface area contributed by atoms with Gasteiger partial charge in [0.1, 0.15) is 0 Å². The molecule has 0 spiro atoms. The van der Waals surface area contributed by atoms with Crippen molar-refractivity contribution in [2.45, 2.75) is 144 Å². The van der Waals surface area contributed by atoms with Crippen LogP contribution in [0.4, 0.5) is 28.4 Å². The molecule has 63 heavy (non-hydrogen) atoms. The number of hydrogen-bond acceptors (Lipinski definition) is 3. The average molecular weight is 847 g/mol. The molecule has 5 aromatic carbocycles. The topological polar surface area (TPSA) is 6.48 Å². The van der Waals surface area contributed by atoms with Crippen LogP contribution >= 0.6 is 11.3 Å². The van der Waals surface area contributed by atoms with Gasteiger partial charge in [0.15, 0.2) is 0 Å². The summed E-state index contributed by atoms with van der Waals surface area (Å²) in [4.78, 5) is 5.45. The summed E-state index contributed by atoms with van der Waals surface area (Å²) in [5.41, 5.74) is 20.9. The molecule has 1 atom stereocenters. The molecule has 1 aromatic heterocycles. The van der Waals surface area contributed by atoms with Crippen molar-refractivity contribution < 1.29 is 0 Å². The Morgan fingerprint density at radius 1 is 0.651 bits per heavy atom. The normalized spacial score (nSPS) is 18.8. The molecule has 0 fully saturated rings. The van der Waals surface area contributed by atoms with Gasteiger partial charge in [0.2, 0.25) is 0 Å². The molecule has 0 radical (unpaired) electrons. The van der Waals surface area contributed by atoms with E-state index in [0.717, 1.165) is 6.42 Å². The second kappa shape index (κ2) is 14.1. The number of anilines is 5. The quantitative estimate of drug-likeness (QED) is 0.164. The Labute approximate surface area is 383 Å². The van der Waals surface area contributed by atoms with E-state index < -0.39 is 0 Å². The molecule has 10 rings (SSSR count). The number of aryl methyl sites for hydroxylation is 1. The Bertz CT molecular complexity index is 2900. The van der Waals surface area contributed by atoms with Crippen LogP contribution in [-0.4, -0.2) is 12.8 Å². The third kappa shape index (κ3) is 6.79. The summed E-state index contributed by atoms with van der Waals surface area (Å²) in [5.74, 6) is 0. The first-order valence-corrected chi connectivity index (χ1v) is 24.4. The fourth-order valence-corrected chi connectivity index (χ4v) is 12.5. The molecule has 1 unspecified atom stereocenters. The number of nitrogens with zero attached hydrogens (tertiary/aromatic N) is 2. The lowest BCUT2D eigenvalue weighted by Crippen LogP contribution is -2.62. The Kier molecular flexibility index (Phi) is 9.44. The average Bonchev–Trinajstić information content (AvgIpc) is 3.60. The van der Waals surface area contributed by atoms with Gasteiger partial charge < -0.3 is 9.80 Å². The van der Waals surface area contributed by atoms with Crippen LogP contribution in [0.3, 0.4) is 0 Å². The van der Waals surface area contributed by atoms with E-state index >= 15 is 0 Å². The molecular formula is C59H67BN2S. The van der Waals surface area contributed by atoms with Crippen LogP contribution in [-0.2, 0) is 21.7 Å². The van der Waals surface area contributed by atoms with Crippen molar-refractivity contribution in [2.24, 2.45) is 5.41 Å². The van der Waals surface area contributed by atoms with Gasteiger partial charge in [-0.3, -0.25) is 0 Å². The smallest absolute Gasteiger partial charge is 0.264 e. The molecule has 3 heterocycles. The molecule has 2 aliphatic heterocycles. The van der Waals surface area contributed by atoms with E-state index in [1.807, 2.05) is 11.3 Å². The highest BCUT2D eigenvalue weighted by Gasteiger charge is 2.48. The molecule has 0 saturated heterocycles. The van der Waals surface area contributed by atoms with Crippen molar-refractivity contribution in [1.82, 2.24) is 0 Å². The van der Waals surface area contributed by atoms with Crippen molar-refractivity contribution in [2.75, 3.05) is 9.80 Å². The van der Waals surface area contributed by atoms with Crippen molar-refractivity contribution in [3.8, 4) is 11.1 Å². The minimum Gasteiger partial charge on any atom is -0.335 e. The van der Waals surface area contributed by atoms with Crippen LogP contribution in [0.15, 0.2) is 115 Å². The Morgan fingerprint density at radius 3 is 1.94 bits per heavy atom. The molecular weight excluding hydrogens is 780 g/mol. The number of allylic oxidation sites excluding steroid dienone is 2. The molecule has 6 aromatic rings. The summed E-state index contributed by atoms with van der Waals surface area (Å²) >= 11 is 2.02. The maximum Gasteiger partial charge on any atom is 0.264 e. The number of benzene rings is 5. The van der Waals surface area contributed by atoms with Gasteiger partial charge in [-0.05, 0) is 140 Å². The van der Waals surface area contributed by atoms with E-state index in [0.29, 0.717) is 0 Å². The molecule has 4 heteroatoms. The van der Waals surface area contributed by atoms with Crippen molar-refractivity contribution in [3.63, 3.8) is 0 Å². The number of rotatable bonds is 3. The molecule has 322 valence electrons. The van der Waals surface area contributed by atoms with Crippen molar-refractivity contribution in [3.05, 3.63) is 143 Å². The minimum atomic E-state index is 0.0150. The van der Waals surface area contributed by atoms with Gasteiger partial charge in [0.05, 0.1) is 17.4 Å². The number of hydrogen-bond donors (Lipinski definition) is 0. The molecule has 2 aliphatic carbocycles. The molecule has 4 aliphatic rings. The van der Waals surface area contributed by atoms with Gasteiger partial charge in [-0.25, -0.2) is 0 Å². The van der Waals surface area contributed by atoms with E-state index in [4.69, 9.17) is 0 Å². The molecule has 0 saturated carbocycles. The third-order valence-corrected chi connectivity index (χ3v) is 16.4. The Morgan fingerprint density at radius 2 is 1.30 bits per heavy atom. The largest absolute Gasteiger partial charge is 0.335 e. The first-order valence-electron chi connectivity index (χ1n) is 23.6. The van der Waals surface area contributed by atoms with E-state index in [-0.39, 0.29) is 39.8 Å². The Balaban J connectivity index is 1.29. The molecule has 0 bridgehead atoms. The number of fused-ring (bicyclic) bond motifs is 7. The molecule has 0 N–H and O–H groups in total. The highest BCUT2D eigenvalue weighted by Crippen LogP contribution is 2.52. The lowest BCUT2D eigenvalue weighted by Gasteiger charge is -2.48. The van der Waals surface area contributed by atoms with Crippen LogP contribution in [0.2, 0.25) is 0 Å². The highest BCUT2D eigenvalue weighted by atomic mass is 32.1. The van der Waals surface area contributed by atoms with Gasteiger partial charge >= 0.3 is 0 Å². The van der Waals surface area contributed by atoms with Gasteiger partial charge in [-0.1, -0.05) is 163 Å². The zero-order chi connectivity index (χ0) is 44.8. The van der Waals surface area contributed by atoms with E-state index in [9.17, 15) is 0 Å². The summed E-state index contributed by atoms with van der Waals surface area (Å²) in [5, 5.41) is 1.35. The predicted octanol–water partition coefficient (Wildman–Crippen LogP) is 14.9. The second-order valence-electron chi connectivity index (χ2n) is 23.8. The summed E-state index contributed by atoms with van der Waals surface area (Å²) in [6.45, 7) is 33.3. The zero-order valence-corrected chi connectivity index (χ0v) is 41.3. The molecule has 0 amide bonds. The minimum absolute atomic E-state index is 0.0150. The van der Waals surface area contributed by atoms with Gasteiger partial charge in [-0.15, -0.1) is 11.3 Å². The SMILES string of the molecule is Cc1ccc(-c2ccc(C(C)(C)C)cc2)c(N2c3cccc4c3B(c3cc5c(cc3N4C3C=CC(C(C)(C)C)=CC3)C(C)(C)CCC5(C)C)c3sc4ccc(C(C)(C)C)cc4c32)c1. The van der Waals surface area contributed by atoms with Crippen LogP contribution < -0.4 is 25.5 Å². The highest BCUT2D eigenvalue weighted by molar-refractivity contribution is 7.33. The lowest BCUT2D eigenvalue weighted by molar-refractivity contribution is 0.332. The summed E-state index contributed by atoms with van der Waals surface area (Å²) in [6.07, 6.45) is 10.8. The third-order valence-electron chi connectivity index (χ3n) is 15.2. The molecule has 2 nitrogen and oxygen atoms in total.